The molecule has 2 heterocycles. The predicted molar refractivity (Wildman–Crippen MR) is 112 cm³/mol. The van der Waals surface area contributed by atoms with E-state index in [1.807, 2.05) is 24.3 Å². The number of hydrogen-bond acceptors (Lipinski definition) is 4. The van der Waals surface area contributed by atoms with Crippen LogP contribution in [0, 0.1) is 0 Å². The molecule has 1 N–H and O–H groups in total. The Bertz CT molecular complexity index is 694. The normalized spacial score (nSPS) is 16.5. The Morgan fingerprint density at radius 3 is 2.63 bits per heavy atom. The summed E-state index contributed by atoms with van der Waals surface area (Å²) in [5.41, 5.74) is 0.617. The standard InChI is InChI=1S/C22H30N2O2S/c1-2-15-26-20-11-6-5-10-18(20)22(25)23-17-19(21-12-9-16-27-21)24-13-7-3-4-8-14-24/h5-6,9-12,16,19H,2-4,7-8,13-15,17H2,1H3,(H,23,25). The number of thiophene rings is 1. The van der Waals surface area contributed by atoms with E-state index in [9.17, 15) is 4.79 Å². The van der Waals surface area contributed by atoms with E-state index in [1.165, 1.54) is 30.6 Å². The monoisotopic (exact) mass is 386 g/mol. The van der Waals surface area contributed by atoms with Crippen molar-refractivity contribution in [2.45, 2.75) is 45.1 Å². The molecule has 3 rings (SSSR count). The molecule has 1 fully saturated rings. The highest BCUT2D eigenvalue weighted by Crippen LogP contribution is 2.27. The first-order valence-corrected chi connectivity index (χ1v) is 10.9. The van der Waals surface area contributed by atoms with E-state index in [1.54, 1.807) is 11.3 Å². The van der Waals surface area contributed by atoms with Gasteiger partial charge in [0.15, 0.2) is 0 Å². The number of carbonyl (C=O) groups excluding carboxylic acids is 1. The Morgan fingerprint density at radius 2 is 1.93 bits per heavy atom. The summed E-state index contributed by atoms with van der Waals surface area (Å²) in [6.07, 6.45) is 6.02. The number of ether oxygens (including phenoxy) is 1. The Hall–Kier alpha value is -1.85. The summed E-state index contributed by atoms with van der Waals surface area (Å²) in [5, 5.41) is 5.29. The van der Waals surface area contributed by atoms with Gasteiger partial charge < -0.3 is 10.1 Å². The molecule has 5 heteroatoms. The first kappa shape index (κ1) is 19.9. The van der Waals surface area contributed by atoms with Gasteiger partial charge in [-0.25, -0.2) is 0 Å². The highest BCUT2D eigenvalue weighted by Gasteiger charge is 2.23. The number of nitrogens with zero attached hydrogens (tertiary/aromatic N) is 1. The minimum Gasteiger partial charge on any atom is -0.493 e. The van der Waals surface area contributed by atoms with Crippen molar-refractivity contribution in [2.24, 2.45) is 0 Å². The molecule has 1 aliphatic heterocycles. The lowest BCUT2D eigenvalue weighted by Gasteiger charge is -2.30. The number of benzene rings is 1. The summed E-state index contributed by atoms with van der Waals surface area (Å²) in [5.74, 6) is 0.609. The lowest BCUT2D eigenvalue weighted by molar-refractivity contribution is 0.0930. The molecular formula is C22H30N2O2S. The smallest absolute Gasteiger partial charge is 0.255 e. The van der Waals surface area contributed by atoms with Crippen LogP contribution in [0.1, 0.15) is 60.3 Å². The zero-order valence-corrected chi connectivity index (χ0v) is 17.0. The summed E-state index contributed by atoms with van der Waals surface area (Å²) in [7, 11) is 0. The molecule has 1 atom stereocenters. The Morgan fingerprint density at radius 1 is 1.15 bits per heavy atom. The van der Waals surface area contributed by atoms with E-state index in [0.717, 1.165) is 19.5 Å². The van der Waals surface area contributed by atoms with Gasteiger partial charge in [-0.3, -0.25) is 9.69 Å². The number of carbonyl (C=O) groups is 1. The van der Waals surface area contributed by atoms with Crippen molar-refractivity contribution in [1.29, 1.82) is 0 Å². The van der Waals surface area contributed by atoms with Gasteiger partial charge in [-0.2, -0.15) is 0 Å². The van der Waals surface area contributed by atoms with E-state index < -0.39 is 0 Å². The second-order valence-corrected chi connectivity index (χ2v) is 8.02. The Labute approximate surface area is 166 Å². The van der Waals surface area contributed by atoms with Gasteiger partial charge in [0.05, 0.1) is 18.2 Å². The Kier molecular flexibility index (Phi) is 7.72. The number of nitrogens with one attached hydrogen (secondary N) is 1. The van der Waals surface area contributed by atoms with Gasteiger partial charge in [-0.15, -0.1) is 11.3 Å². The van der Waals surface area contributed by atoms with Crippen LogP contribution in [0.2, 0.25) is 0 Å². The highest BCUT2D eigenvalue weighted by molar-refractivity contribution is 7.10. The molecule has 0 aliphatic carbocycles. The summed E-state index contributed by atoms with van der Waals surface area (Å²) < 4.78 is 5.75. The lowest BCUT2D eigenvalue weighted by atomic mass is 10.1. The Balaban J connectivity index is 1.69. The minimum atomic E-state index is -0.0573. The van der Waals surface area contributed by atoms with Gasteiger partial charge in [0, 0.05) is 11.4 Å². The van der Waals surface area contributed by atoms with E-state index in [4.69, 9.17) is 4.74 Å². The van der Waals surface area contributed by atoms with Crippen molar-refractivity contribution in [3.05, 3.63) is 52.2 Å². The van der Waals surface area contributed by atoms with Crippen molar-refractivity contribution in [3.63, 3.8) is 0 Å². The second-order valence-electron chi connectivity index (χ2n) is 7.04. The predicted octanol–water partition coefficient (Wildman–Crippen LogP) is 4.88. The van der Waals surface area contributed by atoms with Crippen molar-refractivity contribution in [3.8, 4) is 5.75 Å². The first-order chi connectivity index (χ1) is 13.3. The van der Waals surface area contributed by atoms with Crippen LogP contribution in [0.25, 0.3) is 0 Å². The summed E-state index contributed by atoms with van der Waals surface area (Å²) in [4.78, 5) is 16.7. The third kappa shape index (κ3) is 5.56. The van der Waals surface area contributed by atoms with Crippen LogP contribution < -0.4 is 10.1 Å². The van der Waals surface area contributed by atoms with Gasteiger partial charge in [-0.1, -0.05) is 38.0 Å². The maximum absolute atomic E-state index is 12.8. The highest BCUT2D eigenvalue weighted by atomic mass is 32.1. The number of hydrogen-bond donors (Lipinski definition) is 1. The SMILES string of the molecule is CCCOc1ccccc1C(=O)NCC(c1cccs1)N1CCCCCC1. The molecule has 2 aromatic rings. The minimum absolute atomic E-state index is 0.0573. The second kappa shape index (κ2) is 10.5. The fourth-order valence-corrected chi connectivity index (χ4v) is 4.43. The molecule has 1 aliphatic rings. The molecule has 1 aromatic heterocycles. The van der Waals surface area contributed by atoms with E-state index in [2.05, 4.69) is 34.7 Å². The van der Waals surface area contributed by atoms with E-state index >= 15 is 0 Å². The maximum Gasteiger partial charge on any atom is 0.255 e. The zero-order valence-electron chi connectivity index (χ0n) is 16.2. The maximum atomic E-state index is 12.8. The number of para-hydroxylation sites is 1. The molecule has 0 spiro atoms. The van der Waals surface area contributed by atoms with E-state index in [-0.39, 0.29) is 11.9 Å². The third-order valence-electron chi connectivity index (χ3n) is 5.00. The number of rotatable bonds is 8. The zero-order chi connectivity index (χ0) is 18.9. The van der Waals surface area contributed by atoms with Gasteiger partial charge in [0.25, 0.3) is 5.91 Å². The molecule has 146 valence electrons. The summed E-state index contributed by atoms with van der Waals surface area (Å²) in [6.45, 7) is 5.52. The summed E-state index contributed by atoms with van der Waals surface area (Å²) >= 11 is 1.78. The molecule has 0 saturated carbocycles. The lowest BCUT2D eigenvalue weighted by Crippen LogP contribution is -2.38. The largest absolute Gasteiger partial charge is 0.493 e. The van der Waals surface area contributed by atoms with E-state index in [0.29, 0.717) is 24.5 Å². The molecule has 0 bridgehead atoms. The molecule has 27 heavy (non-hydrogen) atoms. The van der Waals surface area contributed by atoms with Crippen LogP contribution in [0.3, 0.4) is 0 Å². The molecule has 0 radical (unpaired) electrons. The fraction of sp³-hybridized carbons (Fsp3) is 0.500. The average Bonchev–Trinajstić information content (AvgIpc) is 3.09. The number of likely N-dealkylation sites (tertiary alicyclic amines) is 1. The molecule has 1 saturated heterocycles. The van der Waals surface area contributed by atoms with Crippen LogP contribution in [-0.2, 0) is 0 Å². The van der Waals surface area contributed by atoms with Crippen LogP contribution in [0.4, 0.5) is 0 Å². The fourth-order valence-electron chi connectivity index (χ4n) is 3.57. The first-order valence-electron chi connectivity index (χ1n) is 10.1. The van der Waals surface area contributed by atoms with Crippen LogP contribution in [-0.4, -0.2) is 37.0 Å². The van der Waals surface area contributed by atoms with Crippen LogP contribution in [0.15, 0.2) is 41.8 Å². The molecule has 1 unspecified atom stereocenters. The van der Waals surface area contributed by atoms with Crippen LogP contribution >= 0.6 is 11.3 Å². The van der Waals surface area contributed by atoms with Crippen molar-refractivity contribution in [1.82, 2.24) is 10.2 Å². The van der Waals surface area contributed by atoms with Gasteiger partial charge >= 0.3 is 0 Å². The quantitative estimate of drug-likeness (QED) is 0.703. The topological polar surface area (TPSA) is 41.6 Å². The molecular weight excluding hydrogens is 356 g/mol. The van der Waals surface area contributed by atoms with Gasteiger partial charge in [0.1, 0.15) is 5.75 Å². The summed E-state index contributed by atoms with van der Waals surface area (Å²) in [6, 6.07) is 12.0. The third-order valence-corrected chi connectivity index (χ3v) is 5.98. The van der Waals surface area contributed by atoms with Crippen molar-refractivity contribution in [2.75, 3.05) is 26.2 Å². The number of amides is 1. The van der Waals surface area contributed by atoms with Gasteiger partial charge in [-0.05, 0) is 55.9 Å². The molecule has 1 amide bonds. The molecule has 4 nitrogen and oxygen atoms in total. The van der Waals surface area contributed by atoms with Crippen molar-refractivity contribution >= 4 is 17.2 Å². The molecule has 1 aromatic carbocycles. The van der Waals surface area contributed by atoms with Crippen molar-refractivity contribution < 1.29 is 9.53 Å². The van der Waals surface area contributed by atoms with Gasteiger partial charge in [0.2, 0.25) is 0 Å². The van der Waals surface area contributed by atoms with Crippen LogP contribution in [0.5, 0.6) is 5.75 Å². The average molecular weight is 387 g/mol.